The molecule has 6 heteroatoms. The van der Waals surface area contributed by atoms with Crippen LogP contribution in [0.25, 0.3) is 0 Å². The zero-order valence-corrected chi connectivity index (χ0v) is 6.28. The van der Waals surface area contributed by atoms with Crippen molar-refractivity contribution in [3.8, 4) is 0 Å². The summed E-state index contributed by atoms with van der Waals surface area (Å²) >= 11 is 0. The fourth-order valence-corrected chi connectivity index (χ4v) is 0.983. The van der Waals surface area contributed by atoms with Crippen molar-refractivity contribution in [2.45, 2.75) is 6.18 Å². The first kappa shape index (κ1) is 9.76. The van der Waals surface area contributed by atoms with Gasteiger partial charge in [0.2, 0.25) is 0 Å². The van der Waals surface area contributed by atoms with Crippen LogP contribution in [0.2, 0.25) is 0 Å². The largest absolute Gasteiger partial charge is 0.402 e. The minimum absolute atomic E-state index is 0.762. The van der Waals surface area contributed by atoms with Crippen molar-refractivity contribution in [1.82, 2.24) is 0 Å². The fourth-order valence-electron chi connectivity index (χ4n) is 0.983. The number of hydrogen-bond donors (Lipinski definition) is 0. The van der Waals surface area contributed by atoms with Crippen molar-refractivity contribution in [2.75, 3.05) is 0 Å². The van der Waals surface area contributed by atoms with Crippen LogP contribution in [0.3, 0.4) is 0 Å². The van der Waals surface area contributed by atoms with E-state index in [0.29, 0.717) is 0 Å². The lowest BCUT2D eigenvalue weighted by molar-refractivity contribution is -0.440. The van der Waals surface area contributed by atoms with E-state index in [4.69, 9.17) is 0 Å². The van der Waals surface area contributed by atoms with E-state index >= 15 is 0 Å². The van der Waals surface area contributed by atoms with Crippen molar-refractivity contribution in [1.29, 1.82) is 0 Å². The molecule has 0 bridgehead atoms. The molecule has 0 aromatic carbocycles. The monoisotopic (exact) mass is 192 g/mol. The molecular formula is C7H5F3NO2. The summed E-state index contributed by atoms with van der Waals surface area (Å²) in [7, 11) is 0. The van der Waals surface area contributed by atoms with Gasteiger partial charge in [0, 0.05) is 12.5 Å². The van der Waals surface area contributed by atoms with Crippen molar-refractivity contribution >= 4 is 0 Å². The van der Waals surface area contributed by atoms with Gasteiger partial charge in [0.1, 0.15) is 0 Å². The lowest BCUT2D eigenvalue weighted by Crippen LogP contribution is -2.29. The number of allylic oxidation sites excluding steroid dienone is 4. The van der Waals surface area contributed by atoms with Crippen LogP contribution in [0, 0.1) is 22.5 Å². The van der Waals surface area contributed by atoms with E-state index in [1.165, 1.54) is 6.08 Å². The number of nitro groups is 1. The molecule has 1 rings (SSSR count). The van der Waals surface area contributed by atoms with Crippen LogP contribution >= 0.6 is 0 Å². The highest BCUT2D eigenvalue weighted by Crippen LogP contribution is 2.35. The summed E-state index contributed by atoms with van der Waals surface area (Å²) in [6.45, 7) is 0. The molecule has 3 nitrogen and oxygen atoms in total. The smallest absolute Gasteiger partial charge is 0.259 e. The molecule has 0 aromatic rings. The lowest BCUT2D eigenvalue weighted by Gasteiger charge is -2.17. The van der Waals surface area contributed by atoms with Gasteiger partial charge in [-0.25, -0.2) is 0 Å². The second kappa shape index (κ2) is 3.20. The van der Waals surface area contributed by atoms with Crippen molar-refractivity contribution in [2.24, 2.45) is 5.92 Å². The predicted molar refractivity (Wildman–Crippen MR) is 38.1 cm³/mol. The third-order valence-electron chi connectivity index (χ3n) is 1.56. The molecule has 1 aliphatic carbocycles. The Morgan fingerprint density at radius 3 is 2.38 bits per heavy atom. The van der Waals surface area contributed by atoms with Gasteiger partial charge in [-0.05, 0) is 0 Å². The minimum Gasteiger partial charge on any atom is -0.259 e. The van der Waals surface area contributed by atoms with E-state index in [0.717, 1.165) is 18.6 Å². The molecule has 0 spiro atoms. The van der Waals surface area contributed by atoms with E-state index in [1.54, 1.807) is 0 Å². The molecule has 0 saturated carbocycles. The van der Waals surface area contributed by atoms with E-state index in [-0.39, 0.29) is 0 Å². The third kappa shape index (κ3) is 2.07. The Hall–Kier alpha value is -1.33. The first-order chi connectivity index (χ1) is 5.93. The van der Waals surface area contributed by atoms with Crippen molar-refractivity contribution in [3.05, 3.63) is 40.5 Å². The molecule has 0 saturated heterocycles. The quantitative estimate of drug-likeness (QED) is 0.471. The van der Waals surface area contributed by atoms with Crippen LogP contribution in [-0.2, 0) is 0 Å². The van der Waals surface area contributed by atoms with Gasteiger partial charge in [0.05, 0.1) is 4.92 Å². The molecule has 0 amide bonds. The Kier molecular flexibility index (Phi) is 2.40. The maximum absolute atomic E-state index is 12.1. The summed E-state index contributed by atoms with van der Waals surface area (Å²) < 4.78 is 36.4. The molecule has 0 heterocycles. The summed E-state index contributed by atoms with van der Waals surface area (Å²) in [6, 6.07) is 0. The second-order valence-corrected chi connectivity index (χ2v) is 2.45. The van der Waals surface area contributed by atoms with E-state index < -0.39 is 22.7 Å². The van der Waals surface area contributed by atoms with Gasteiger partial charge in [-0.1, -0.05) is 12.2 Å². The van der Waals surface area contributed by atoms with Gasteiger partial charge < -0.3 is 0 Å². The molecule has 0 fully saturated rings. The molecule has 1 radical (unpaired) electrons. The van der Waals surface area contributed by atoms with Gasteiger partial charge in [0.15, 0.2) is 5.92 Å². The molecule has 1 atom stereocenters. The van der Waals surface area contributed by atoms with Gasteiger partial charge in [-0.2, -0.15) is 13.2 Å². The van der Waals surface area contributed by atoms with Crippen molar-refractivity contribution < 1.29 is 18.1 Å². The van der Waals surface area contributed by atoms with Crippen LogP contribution in [0.1, 0.15) is 0 Å². The first-order valence-corrected chi connectivity index (χ1v) is 3.36. The standard InChI is InChI=1S/C7H5F3NO2/c8-7(9,10)5-3-1-2-4-6(5)11(12)13/h1-5H. The highest BCUT2D eigenvalue weighted by atomic mass is 19.4. The number of rotatable bonds is 1. The van der Waals surface area contributed by atoms with E-state index in [2.05, 4.69) is 0 Å². The molecule has 71 valence electrons. The Bertz CT molecular complexity index is 280. The lowest BCUT2D eigenvalue weighted by atomic mass is 9.97. The molecular weight excluding hydrogens is 187 g/mol. The number of halogens is 3. The van der Waals surface area contributed by atoms with E-state index in [1.807, 2.05) is 0 Å². The first-order valence-electron chi connectivity index (χ1n) is 3.36. The number of alkyl halides is 3. The zero-order chi connectivity index (χ0) is 10.1. The molecule has 0 N–H and O–H groups in total. The normalized spacial score (nSPS) is 22.7. The molecule has 1 aliphatic rings. The summed E-state index contributed by atoms with van der Waals surface area (Å²) in [4.78, 5) is 9.18. The fraction of sp³-hybridized carbons (Fsp3) is 0.286. The van der Waals surface area contributed by atoms with Crippen LogP contribution < -0.4 is 0 Å². The average Bonchev–Trinajstić information content (AvgIpc) is 2.03. The summed E-state index contributed by atoms with van der Waals surface area (Å²) in [5.74, 6) is -2.09. The molecule has 0 aromatic heterocycles. The number of hydrogen-bond acceptors (Lipinski definition) is 2. The summed E-state index contributed by atoms with van der Waals surface area (Å²) in [5.41, 5.74) is -0.838. The Balaban J connectivity index is 2.94. The topological polar surface area (TPSA) is 43.1 Å². The minimum atomic E-state index is -4.59. The zero-order valence-electron chi connectivity index (χ0n) is 6.28. The van der Waals surface area contributed by atoms with E-state index in [9.17, 15) is 23.3 Å². The van der Waals surface area contributed by atoms with Crippen LogP contribution in [0.4, 0.5) is 13.2 Å². The summed E-state index contributed by atoms with van der Waals surface area (Å²) in [5, 5.41) is 10.2. The SMILES string of the molecule is O=[N+]([O-])C1=CC=C[CH]C1C(F)(F)F. The van der Waals surface area contributed by atoms with Gasteiger partial charge in [-0.15, -0.1) is 0 Å². The highest BCUT2D eigenvalue weighted by molar-refractivity contribution is 5.24. The number of nitrogens with zero attached hydrogens (tertiary/aromatic N) is 1. The van der Waals surface area contributed by atoms with Crippen LogP contribution in [0.5, 0.6) is 0 Å². The van der Waals surface area contributed by atoms with Crippen LogP contribution in [0.15, 0.2) is 23.9 Å². The second-order valence-electron chi connectivity index (χ2n) is 2.45. The van der Waals surface area contributed by atoms with Crippen molar-refractivity contribution in [3.63, 3.8) is 0 Å². The summed E-state index contributed by atoms with van der Waals surface area (Å²) in [6.07, 6.45) is -0.620. The maximum Gasteiger partial charge on any atom is 0.402 e. The molecule has 1 unspecified atom stereocenters. The predicted octanol–water partition coefficient (Wildman–Crippen LogP) is 2.10. The maximum atomic E-state index is 12.1. The van der Waals surface area contributed by atoms with Gasteiger partial charge in [-0.3, -0.25) is 10.1 Å². The average molecular weight is 192 g/mol. The third-order valence-corrected chi connectivity index (χ3v) is 1.56. The van der Waals surface area contributed by atoms with Gasteiger partial charge >= 0.3 is 6.18 Å². The molecule has 13 heavy (non-hydrogen) atoms. The highest BCUT2D eigenvalue weighted by Gasteiger charge is 2.47. The Labute approximate surface area is 71.7 Å². The van der Waals surface area contributed by atoms with Gasteiger partial charge in [0.25, 0.3) is 5.70 Å². The Morgan fingerprint density at radius 1 is 1.38 bits per heavy atom. The molecule has 0 aliphatic heterocycles. The van der Waals surface area contributed by atoms with Crippen LogP contribution in [-0.4, -0.2) is 11.1 Å². The Morgan fingerprint density at radius 2 is 2.00 bits per heavy atom.